The Bertz CT molecular complexity index is 102. The van der Waals surface area contributed by atoms with E-state index in [0.29, 0.717) is 0 Å². The molecule has 44 valence electrons. The topological polar surface area (TPSA) is 80.4 Å². The van der Waals surface area contributed by atoms with E-state index in [1.807, 2.05) is 0 Å². The summed E-state index contributed by atoms with van der Waals surface area (Å²) >= 11 is -3.38. The van der Waals surface area contributed by atoms with Crippen molar-refractivity contribution in [2.75, 3.05) is 6.61 Å². The quantitative estimate of drug-likeness (QED) is 0.371. The van der Waals surface area contributed by atoms with Gasteiger partial charge in [0.2, 0.25) is 0 Å². The Morgan fingerprint density at radius 1 is 1.71 bits per heavy atom. The van der Waals surface area contributed by atoms with E-state index >= 15 is 0 Å². The first-order valence-corrected chi connectivity index (χ1v) is 4.59. The Labute approximate surface area is 47.8 Å². The maximum atomic E-state index is 9.77. The summed E-state index contributed by atoms with van der Waals surface area (Å²) in [5.74, 6) is 0. The Morgan fingerprint density at radius 3 is 2.14 bits per heavy atom. The highest BCUT2D eigenvalue weighted by atomic mass is 127. The summed E-state index contributed by atoms with van der Waals surface area (Å²) in [5.41, 5.74) is 4.81. The van der Waals surface area contributed by atoms with Crippen LogP contribution >= 0.6 is 19.8 Å². The lowest BCUT2D eigenvalue weighted by atomic mass is 10.8. The van der Waals surface area contributed by atoms with Gasteiger partial charge in [-0.05, 0) is 0 Å². The fraction of sp³-hybridized carbons (Fsp3) is 1.00. The predicted octanol–water partition coefficient (Wildman–Crippen LogP) is -0.539. The van der Waals surface area contributed by atoms with Gasteiger partial charge in [0, 0.05) is 0 Å². The molecule has 0 fully saturated rings. The van der Waals surface area contributed by atoms with E-state index in [9.17, 15) is 6.14 Å². The van der Waals surface area contributed by atoms with Gasteiger partial charge < -0.3 is 10.8 Å². The first-order valence-electron chi connectivity index (χ1n) is 1.58. The van der Waals surface area contributed by atoms with Crippen LogP contribution in [0.1, 0.15) is 0 Å². The number of hydrogen-bond acceptors (Lipinski definition) is 4. The Kier molecular flexibility index (Phi) is 3.39. The number of alkyl halides is 1. The van der Waals surface area contributed by atoms with Crippen molar-refractivity contribution >= 4 is 19.8 Å². The van der Waals surface area contributed by atoms with Crippen LogP contribution < -0.4 is 5.73 Å². The van der Waals surface area contributed by atoms with Crippen LogP contribution in [-0.2, 0) is 6.14 Å². The lowest BCUT2D eigenvalue weighted by Crippen LogP contribution is -2.17. The highest BCUT2D eigenvalue weighted by Crippen LogP contribution is 2.06. The maximum absolute atomic E-state index is 9.77. The van der Waals surface area contributed by atoms with Gasteiger partial charge in [-0.25, -0.2) is 6.14 Å². The molecule has 0 aromatic rings. The molecular weight excluding hydrogens is 213 g/mol. The van der Waals surface area contributed by atoms with Crippen LogP contribution in [0.25, 0.3) is 0 Å². The summed E-state index contributed by atoms with van der Waals surface area (Å²) in [4.78, 5) is 0. The third-order valence-corrected chi connectivity index (χ3v) is 2.10. The third-order valence-electron chi connectivity index (χ3n) is 0.403. The summed E-state index contributed by atoms with van der Waals surface area (Å²) in [6, 6.07) is 0. The highest BCUT2D eigenvalue weighted by Gasteiger charge is 2.02. The summed E-state index contributed by atoms with van der Waals surface area (Å²) < 4.78 is 18.6. The molecule has 3 N–H and O–H groups in total. The van der Waals surface area contributed by atoms with E-state index in [1.54, 1.807) is 0 Å². The van der Waals surface area contributed by atoms with Gasteiger partial charge in [-0.3, -0.25) is 0 Å². The van der Waals surface area contributed by atoms with E-state index in [4.69, 9.17) is 10.8 Å². The maximum Gasteiger partial charge on any atom is 0.326 e. The molecule has 0 radical (unpaired) electrons. The van der Waals surface area contributed by atoms with Crippen LogP contribution in [0, 0.1) is 0 Å². The monoisotopic (exact) mass is 219 g/mol. The Morgan fingerprint density at radius 2 is 2.14 bits per heavy atom. The van der Waals surface area contributed by atoms with Crippen LogP contribution in [0.4, 0.5) is 0 Å². The zero-order valence-electron chi connectivity index (χ0n) is 3.50. The zero-order valence-corrected chi connectivity index (χ0v) is 5.66. The van der Waals surface area contributed by atoms with Gasteiger partial charge in [-0.1, -0.05) is 0 Å². The average molecular weight is 219 g/mol. The SMILES string of the molecule is NC(CO)I(=O)=O. The molecule has 0 spiro atoms. The number of aliphatic hydroxyl groups excluding tert-OH is 1. The fourth-order valence-corrected chi connectivity index (χ4v) is 0.378. The minimum absolute atomic E-state index is 0.460. The van der Waals surface area contributed by atoms with Gasteiger partial charge in [-0.15, -0.1) is 0 Å². The molecule has 0 aromatic heterocycles. The average Bonchev–Trinajstić information content (AvgIpc) is 1.65. The molecule has 0 heterocycles. The molecule has 1 atom stereocenters. The second kappa shape index (κ2) is 3.28. The summed E-state index contributed by atoms with van der Waals surface area (Å²) in [5, 5.41) is 8.02. The number of rotatable bonds is 2. The van der Waals surface area contributed by atoms with Crippen molar-refractivity contribution in [1.82, 2.24) is 0 Å². The first kappa shape index (κ1) is 7.25. The number of hydrogen-bond donors (Lipinski definition) is 2. The van der Waals surface area contributed by atoms with Gasteiger partial charge in [0.05, 0.1) is 6.61 Å². The lowest BCUT2D eigenvalue weighted by molar-refractivity contribution is 0.300. The number of aliphatic hydroxyl groups is 1. The molecule has 1 unspecified atom stereocenters. The van der Waals surface area contributed by atoms with Crippen LogP contribution in [0.15, 0.2) is 0 Å². The predicted molar refractivity (Wildman–Crippen MR) is 30.5 cm³/mol. The molecule has 0 aliphatic carbocycles. The van der Waals surface area contributed by atoms with Crippen molar-refractivity contribution < 1.29 is 11.2 Å². The van der Waals surface area contributed by atoms with Crippen molar-refractivity contribution in [3.63, 3.8) is 0 Å². The molecule has 0 rings (SSSR count). The fourth-order valence-electron chi connectivity index (χ4n) is 0.0563. The highest BCUT2D eigenvalue weighted by molar-refractivity contribution is 14.2. The van der Waals surface area contributed by atoms with Crippen molar-refractivity contribution in [2.24, 2.45) is 5.73 Å². The van der Waals surface area contributed by atoms with E-state index in [1.165, 1.54) is 0 Å². The molecule has 4 nitrogen and oxygen atoms in total. The molecule has 0 saturated heterocycles. The second-order valence-corrected chi connectivity index (χ2v) is 3.92. The van der Waals surface area contributed by atoms with Crippen molar-refractivity contribution in [3.05, 3.63) is 0 Å². The second-order valence-electron chi connectivity index (χ2n) is 0.940. The molecule has 0 aliphatic heterocycles. The molecule has 7 heavy (non-hydrogen) atoms. The zero-order chi connectivity index (χ0) is 5.86. The van der Waals surface area contributed by atoms with Gasteiger partial charge in [0.1, 0.15) is 4.05 Å². The van der Waals surface area contributed by atoms with Crippen molar-refractivity contribution in [3.8, 4) is 0 Å². The minimum atomic E-state index is -3.38. The lowest BCUT2D eigenvalue weighted by Gasteiger charge is -1.89. The largest absolute Gasteiger partial charge is 0.394 e. The van der Waals surface area contributed by atoms with Crippen LogP contribution in [0.3, 0.4) is 0 Å². The summed E-state index contributed by atoms with van der Waals surface area (Å²) in [6.45, 7) is -0.460. The first-order chi connectivity index (χ1) is 3.18. The van der Waals surface area contributed by atoms with E-state index in [2.05, 4.69) is 0 Å². The Hall–Kier alpha value is 0.250. The van der Waals surface area contributed by atoms with Gasteiger partial charge >= 0.3 is 19.8 Å². The normalized spacial score (nSPS) is 14.7. The standard InChI is InChI=1S/C2H6INO3/c4-2(1-5)3(6)7/h2,5H,1,4H2. The molecule has 0 saturated carbocycles. The molecule has 0 aromatic carbocycles. The van der Waals surface area contributed by atoms with E-state index < -0.39 is 30.4 Å². The number of nitrogens with two attached hydrogens (primary N) is 1. The van der Waals surface area contributed by atoms with Crippen molar-refractivity contribution in [2.45, 2.75) is 4.05 Å². The van der Waals surface area contributed by atoms with E-state index in [-0.39, 0.29) is 0 Å². The van der Waals surface area contributed by atoms with Crippen LogP contribution in [0.5, 0.6) is 0 Å². The van der Waals surface area contributed by atoms with Crippen molar-refractivity contribution in [1.29, 1.82) is 0 Å². The van der Waals surface area contributed by atoms with Crippen LogP contribution in [-0.4, -0.2) is 15.8 Å². The van der Waals surface area contributed by atoms with Gasteiger partial charge in [0.15, 0.2) is 0 Å². The molecule has 5 heteroatoms. The third kappa shape index (κ3) is 2.89. The van der Waals surface area contributed by atoms with Crippen LogP contribution in [0.2, 0.25) is 0 Å². The molecule has 0 amide bonds. The minimum Gasteiger partial charge on any atom is -0.394 e. The van der Waals surface area contributed by atoms with Gasteiger partial charge in [0.25, 0.3) is 0 Å². The summed E-state index contributed by atoms with van der Waals surface area (Å²) in [7, 11) is 0. The molecular formula is C2H6INO3. The smallest absolute Gasteiger partial charge is 0.326 e. The Balaban J connectivity index is 3.57. The molecule has 0 aliphatic rings. The van der Waals surface area contributed by atoms with E-state index in [0.717, 1.165) is 0 Å². The van der Waals surface area contributed by atoms with Gasteiger partial charge in [-0.2, -0.15) is 0 Å². The molecule has 0 bridgehead atoms. The summed E-state index contributed by atoms with van der Waals surface area (Å²) in [6.07, 6.45) is 0. The number of halogens is 1.